The van der Waals surface area contributed by atoms with Crippen LogP contribution in [0.25, 0.3) is 0 Å². The maximum Gasteiger partial charge on any atom is 0.235 e. The van der Waals surface area contributed by atoms with Crippen LogP contribution >= 0.6 is 0 Å². The largest absolute Gasteiger partial charge is 0.328 e. The summed E-state index contributed by atoms with van der Waals surface area (Å²) >= 11 is 0. The SMILES string of the molecule is CC(N)CCN1C(=O)CC2(CCCC2)C1=O. The molecule has 1 spiro atoms. The van der Waals surface area contributed by atoms with E-state index in [2.05, 4.69) is 0 Å². The Morgan fingerprint density at radius 2 is 2.00 bits per heavy atom. The molecule has 1 unspecified atom stereocenters. The van der Waals surface area contributed by atoms with Crippen LogP contribution in [-0.4, -0.2) is 29.3 Å². The lowest BCUT2D eigenvalue weighted by molar-refractivity contribution is -0.141. The molecule has 2 N–H and O–H groups in total. The molecule has 90 valence electrons. The van der Waals surface area contributed by atoms with Gasteiger partial charge in [-0.1, -0.05) is 12.8 Å². The molecule has 1 atom stereocenters. The van der Waals surface area contributed by atoms with E-state index in [9.17, 15) is 9.59 Å². The van der Waals surface area contributed by atoms with E-state index in [1.54, 1.807) is 0 Å². The summed E-state index contributed by atoms with van der Waals surface area (Å²) in [5.41, 5.74) is 5.33. The smallest absolute Gasteiger partial charge is 0.235 e. The molecule has 0 aromatic heterocycles. The lowest BCUT2D eigenvalue weighted by Crippen LogP contribution is -2.37. The fourth-order valence-corrected chi connectivity index (χ4v) is 2.86. The number of carbonyl (C=O) groups excluding carboxylic acids is 2. The number of hydrogen-bond donors (Lipinski definition) is 1. The van der Waals surface area contributed by atoms with Gasteiger partial charge in [-0.3, -0.25) is 14.5 Å². The second-order valence-electron chi connectivity index (χ2n) is 5.28. The van der Waals surface area contributed by atoms with Gasteiger partial charge < -0.3 is 5.73 Å². The molecule has 0 aromatic carbocycles. The fraction of sp³-hybridized carbons (Fsp3) is 0.833. The van der Waals surface area contributed by atoms with E-state index in [-0.39, 0.29) is 23.3 Å². The number of carbonyl (C=O) groups is 2. The number of likely N-dealkylation sites (tertiary alicyclic amines) is 1. The van der Waals surface area contributed by atoms with Crippen molar-refractivity contribution in [1.82, 2.24) is 4.90 Å². The zero-order valence-electron chi connectivity index (χ0n) is 9.87. The third kappa shape index (κ3) is 1.86. The number of imide groups is 1. The predicted molar refractivity (Wildman–Crippen MR) is 60.5 cm³/mol. The van der Waals surface area contributed by atoms with Crippen molar-refractivity contribution < 1.29 is 9.59 Å². The van der Waals surface area contributed by atoms with Gasteiger partial charge in [0.2, 0.25) is 11.8 Å². The minimum atomic E-state index is -0.324. The van der Waals surface area contributed by atoms with Crippen molar-refractivity contribution in [2.24, 2.45) is 11.1 Å². The van der Waals surface area contributed by atoms with Crippen LogP contribution in [0.5, 0.6) is 0 Å². The second-order valence-corrected chi connectivity index (χ2v) is 5.28. The summed E-state index contributed by atoms with van der Waals surface area (Å²) in [5, 5.41) is 0. The first kappa shape index (κ1) is 11.6. The van der Waals surface area contributed by atoms with E-state index in [0.717, 1.165) is 25.7 Å². The number of rotatable bonds is 3. The highest BCUT2D eigenvalue weighted by Gasteiger charge is 2.52. The lowest BCUT2D eigenvalue weighted by atomic mass is 9.84. The van der Waals surface area contributed by atoms with Gasteiger partial charge in [0.1, 0.15) is 0 Å². The van der Waals surface area contributed by atoms with Crippen LogP contribution in [0.15, 0.2) is 0 Å². The molecule has 1 heterocycles. The lowest BCUT2D eigenvalue weighted by Gasteiger charge is -2.21. The summed E-state index contributed by atoms with van der Waals surface area (Å²) in [5.74, 6) is 0.0724. The van der Waals surface area contributed by atoms with Crippen molar-refractivity contribution in [3.05, 3.63) is 0 Å². The fourth-order valence-electron chi connectivity index (χ4n) is 2.86. The quantitative estimate of drug-likeness (QED) is 0.729. The van der Waals surface area contributed by atoms with Gasteiger partial charge in [-0.15, -0.1) is 0 Å². The molecule has 1 saturated carbocycles. The van der Waals surface area contributed by atoms with Crippen LogP contribution in [0.4, 0.5) is 0 Å². The monoisotopic (exact) mass is 224 g/mol. The van der Waals surface area contributed by atoms with Crippen LogP contribution in [0, 0.1) is 5.41 Å². The van der Waals surface area contributed by atoms with E-state index in [4.69, 9.17) is 5.73 Å². The first-order valence-electron chi connectivity index (χ1n) is 6.15. The Kier molecular flexibility index (Phi) is 3.02. The molecule has 4 nitrogen and oxygen atoms in total. The third-order valence-corrected chi connectivity index (χ3v) is 3.86. The maximum atomic E-state index is 12.2. The molecule has 1 aliphatic carbocycles. The van der Waals surface area contributed by atoms with Crippen molar-refractivity contribution in [3.8, 4) is 0 Å². The molecule has 2 fully saturated rings. The molecule has 4 heteroatoms. The van der Waals surface area contributed by atoms with Gasteiger partial charge in [-0.25, -0.2) is 0 Å². The Morgan fingerprint density at radius 1 is 1.38 bits per heavy atom. The molecule has 1 aliphatic heterocycles. The van der Waals surface area contributed by atoms with Crippen molar-refractivity contribution in [1.29, 1.82) is 0 Å². The van der Waals surface area contributed by atoms with Crippen LogP contribution < -0.4 is 5.73 Å². The van der Waals surface area contributed by atoms with E-state index < -0.39 is 0 Å². The Morgan fingerprint density at radius 3 is 2.56 bits per heavy atom. The molecule has 16 heavy (non-hydrogen) atoms. The molecule has 1 saturated heterocycles. The summed E-state index contributed by atoms with van der Waals surface area (Å²) in [7, 11) is 0. The Balaban J connectivity index is 2.05. The third-order valence-electron chi connectivity index (χ3n) is 3.86. The normalized spacial score (nSPS) is 25.8. The van der Waals surface area contributed by atoms with Crippen molar-refractivity contribution >= 4 is 11.8 Å². The average Bonchev–Trinajstić information content (AvgIpc) is 2.74. The Hall–Kier alpha value is -0.900. The molecule has 2 aliphatic rings. The van der Waals surface area contributed by atoms with Crippen LogP contribution in [0.1, 0.15) is 45.4 Å². The number of amides is 2. The van der Waals surface area contributed by atoms with Gasteiger partial charge in [-0.2, -0.15) is 0 Å². The van der Waals surface area contributed by atoms with Gasteiger partial charge in [0.15, 0.2) is 0 Å². The summed E-state index contributed by atoms with van der Waals surface area (Å²) in [6.07, 6.45) is 5.09. The summed E-state index contributed by atoms with van der Waals surface area (Å²) in [4.78, 5) is 25.5. The molecule has 0 radical (unpaired) electrons. The highest BCUT2D eigenvalue weighted by atomic mass is 16.2. The van der Waals surface area contributed by atoms with Gasteiger partial charge >= 0.3 is 0 Å². The standard InChI is InChI=1S/C12H20N2O2/c1-9(13)4-7-14-10(15)8-12(11(14)16)5-2-3-6-12/h9H,2-8,13H2,1H3. The molecule has 0 bridgehead atoms. The van der Waals surface area contributed by atoms with Crippen LogP contribution in [0.2, 0.25) is 0 Å². The topological polar surface area (TPSA) is 63.4 Å². The highest BCUT2D eigenvalue weighted by molar-refractivity contribution is 6.06. The Bertz CT molecular complexity index is 306. The average molecular weight is 224 g/mol. The first-order chi connectivity index (χ1) is 7.55. The number of hydrogen-bond acceptors (Lipinski definition) is 3. The van der Waals surface area contributed by atoms with Crippen molar-refractivity contribution in [3.63, 3.8) is 0 Å². The Labute approximate surface area is 96.2 Å². The van der Waals surface area contributed by atoms with Gasteiger partial charge in [0, 0.05) is 19.0 Å². The molecular formula is C12H20N2O2. The minimum Gasteiger partial charge on any atom is -0.328 e. The summed E-state index contributed by atoms with van der Waals surface area (Å²) in [6.45, 7) is 2.40. The summed E-state index contributed by atoms with van der Waals surface area (Å²) in [6, 6.07) is 0.0423. The molecule has 0 aromatic rings. The van der Waals surface area contributed by atoms with Gasteiger partial charge in [0.25, 0.3) is 0 Å². The molecular weight excluding hydrogens is 204 g/mol. The first-order valence-corrected chi connectivity index (χ1v) is 6.15. The predicted octanol–water partition coefficient (Wildman–Crippen LogP) is 1.04. The van der Waals surface area contributed by atoms with Gasteiger partial charge in [0.05, 0.1) is 5.41 Å². The van der Waals surface area contributed by atoms with E-state index in [0.29, 0.717) is 19.4 Å². The number of nitrogens with two attached hydrogens (primary N) is 1. The van der Waals surface area contributed by atoms with Crippen LogP contribution in [0.3, 0.4) is 0 Å². The van der Waals surface area contributed by atoms with Crippen LogP contribution in [-0.2, 0) is 9.59 Å². The maximum absolute atomic E-state index is 12.2. The highest BCUT2D eigenvalue weighted by Crippen LogP contribution is 2.46. The second kappa shape index (κ2) is 4.17. The van der Waals surface area contributed by atoms with E-state index in [1.165, 1.54) is 4.90 Å². The molecule has 2 rings (SSSR count). The minimum absolute atomic E-state index is 0.00699. The van der Waals surface area contributed by atoms with Gasteiger partial charge in [-0.05, 0) is 26.2 Å². The zero-order valence-corrected chi connectivity index (χ0v) is 9.87. The van der Waals surface area contributed by atoms with Crippen molar-refractivity contribution in [2.45, 2.75) is 51.5 Å². The van der Waals surface area contributed by atoms with E-state index in [1.807, 2.05) is 6.92 Å². The summed E-state index contributed by atoms with van der Waals surface area (Å²) < 4.78 is 0. The van der Waals surface area contributed by atoms with E-state index >= 15 is 0 Å². The van der Waals surface area contributed by atoms with Crippen molar-refractivity contribution in [2.75, 3.05) is 6.54 Å². The molecule has 2 amide bonds. The zero-order chi connectivity index (χ0) is 11.8. The number of nitrogens with zero attached hydrogens (tertiary/aromatic N) is 1.